The van der Waals surface area contributed by atoms with Crippen LogP contribution in [0.15, 0.2) is 59.0 Å². The van der Waals surface area contributed by atoms with Gasteiger partial charge in [-0.3, -0.25) is 14.4 Å². The fourth-order valence-corrected chi connectivity index (χ4v) is 5.70. The molecule has 0 aliphatic carbocycles. The summed E-state index contributed by atoms with van der Waals surface area (Å²) in [4.78, 5) is 43.3. The van der Waals surface area contributed by atoms with Gasteiger partial charge >= 0.3 is 0 Å². The predicted molar refractivity (Wildman–Crippen MR) is 132 cm³/mol. The van der Waals surface area contributed by atoms with Crippen molar-refractivity contribution >= 4 is 39.1 Å². The number of sulfonamides is 1. The van der Waals surface area contributed by atoms with Gasteiger partial charge in [0.25, 0.3) is 17.6 Å². The minimum atomic E-state index is -3.73. The Kier molecular flexibility index (Phi) is 6.50. The van der Waals surface area contributed by atoms with Gasteiger partial charge in [-0.25, -0.2) is 12.7 Å². The Hall–Kier alpha value is -3.54. The van der Waals surface area contributed by atoms with Gasteiger partial charge < -0.3 is 19.6 Å². The number of fused-ring (bicyclic) bond motifs is 2. The number of hydrogen-bond donors (Lipinski definition) is 1. The molecular formula is C25H27N3O7S. The smallest absolute Gasteiger partial charge is 0.296 e. The van der Waals surface area contributed by atoms with Crippen LogP contribution in [0.2, 0.25) is 0 Å². The van der Waals surface area contributed by atoms with E-state index in [9.17, 15) is 27.9 Å². The topological polar surface area (TPSA) is 125 Å². The van der Waals surface area contributed by atoms with Crippen molar-refractivity contribution in [1.29, 1.82) is 0 Å². The molecule has 2 aromatic rings. The molecule has 36 heavy (non-hydrogen) atoms. The van der Waals surface area contributed by atoms with E-state index < -0.39 is 38.9 Å². The molecular weight excluding hydrogens is 486 g/mol. The molecule has 0 saturated carbocycles. The summed E-state index contributed by atoms with van der Waals surface area (Å²) in [7, 11) is 0.504. The van der Waals surface area contributed by atoms with Crippen molar-refractivity contribution in [2.75, 3.05) is 45.8 Å². The zero-order valence-corrected chi connectivity index (χ0v) is 21.2. The minimum Gasteiger partial charge on any atom is -0.507 e. The van der Waals surface area contributed by atoms with Gasteiger partial charge in [0.15, 0.2) is 5.54 Å². The molecule has 190 valence electrons. The number of benzene rings is 2. The molecule has 1 spiro atoms. The molecule has 2 amide bonds. The lowest BCUT2D eigenvalue weighted by atomic mass is 9.82. The number of Topliss-reactive ketones (excluding diaryl/α,β-unsaturated/α-hetero) is 1. The van der Waals surface area contributed by atoms with Gasteiger partial charge in [-0.15, -0.1) is 0 Å². The average molecular weight is 514 g/mol. The first-order chi connectivity index (χ1) is 17.0. The molecule has 0 aromatic heterocycles. The fraction of sp³-hybridized carbons (Fsp3) is 0.320. The number of hydrogen-bond acceptors (Lipinski definition) is 7. The van der Waals surface area contributed by atoms with Crippen LogP contribution in [0.4, 0.5) is 5.69 Å². The lowest BCUT2D eigenvalue weighted by molar-refractivity contribution is -0.144. The van der Waals surface area contributed by atoms with Crippen molar-refractivity contribution in [3.05, 3.63) is 65.2 Å². The number of amides is 2. The summed E-state index contributed by atoms with van der Waals surface area (Å²) < 4.78 is 31.1. The number of anilines is 1. The third kappa shape index (κ3) is 3.46. The summed E-state index contributed by atoms with van der Waals surface area (Å²) >= 11 is 0. The Bertz CT molecular complexity index is 1380. The number of carbonyl (C=O) groups is 3. The summed E-state index contributed by atoms with van der Waals surface area (Å²) in [6.45, 7) is 2.06. The van der Waals surface area contributed by atoms with Crippen molar-refractivity contribution < 1.29 is 32.6 Å². The fourth-order valence-electron chi connectivity index (χ4n) is 4.80. The molecule has 2 aliphatic heterocycles. The van der Waals surface area contributed by atoms with Crippen LogP contribution in [-0.2, 0) is 34.7 Å². The average Bonchev–Trinajstić information content (AvgIpc) is 3.24. The zero-order valence-electron chi connectivity index (χ0n) is 20.4. The second kappa shape index (κ2) is 9.16. The number of rotatable bonds is 7. The quantitative estimate of drug-likeness (QED) is 0.338. The molecule has 2 aromatic carbocycles. The van der Waals surface area contributed by atoms with E-state index >= 15 is 0 Å². The Morgan fingerprint density at radius 2 is 1.69 bits per heavy atom. The monoisotopic (exact) mass is 513 g/mol. The van der Waals surface area contributed by atoms with Crippen LogP contribution in [0, 0.1) is 0 Å². The molecule has 10 nitrogen and oxygen atoms in total. The Labute approximate surface area is 209 Å². The van der Waals surface area contributed by atoms with E-state index in [0.29, 0.717) is 11.3 Å². The second-order valence-electron chi connectivity index (χ2n) is 8.59. The van der Waals surface area contributed by atoms with Crippen molar-refractivity contribution in [2.24, 2.45) is 0 Å². The first-order valence-electron chi connectivity index (χ1n) is 11.3. The lowest BCUT2D eigenvalue weighted by Gasteiger charge is -2.34. The summed E-state index contributed by atoms with van der Waals surface area (Å²) in [5, 5.41) is 11.4. The number of carbonyl (C=O) groups excluding carboxylic acids is 3. The van der Waals surface area contributed by atoms with Crippen molar-refractivity contribution in [3.8, 4) is 0 Å². The van der Waals surface area contributed by atoms with Gasteiger partial charge in [-0.2, -0.15) is 0 Å². The molecule has 4 rings (SSSR count). The summed E-state index contributed by atoms with van der Waals surface area (Å²) in [6.07, 6.45) is 0. The molecule has 1 fully saturated rings. The van der Waals surface area contributed by atoms with Gasteiger partial charge in [-0.05, 0) is 37.3 Å². The highest BCUT2D eigenvalue weighted by molar-refractivity contribution is 7.89. The normalized spacial score (nSPS) is 21.2. The van der Waals surface area contributed by atoms with Gasteiger partial charge in [0.1, 0.15) is 5.76 Å². The molecule has 1 saturated heterocycles. The first-order valence-corrected chi connectivity index (χ1v) is 12.7. The van der Waals surface area contributed by atoms with Crippen LogP contribution >= 0.6 is 0 Å². The van der Waals surface area contributed by atoms with E-state index in [0.717, 1.165) is 9.21 Å². The van der Waals surface area contributed by atoms with Gasteiger partial charge in [-0.1, -0.05) is 18.2 Å². The number of likely N-dealkylation sites (N-methyl/N-ethyl adjacent to an activating group) is 1. The Morgan fingerprint density at radius 3 is 2.28 bits per heavy atom. The zero-order chi connectivity index (χ0) is 26.4. The number of para-hydroxylation sites is 1. The number of ketones is 1. The van der Waals surface area contributed by atoms with Crippen molar-refractivity contribution in [3.63, 3.8) is 0 Å². The van der Waals surface area contributed by atoms with Gasteiger partial charge in [0.05, 0.1) is 22.8 Å². The van der Waals surface area contributed by atoms with Crippen LogP contribution in [0.25, 0.3) is 5.76 Å². The number of aliphatic hydroxyl groups excluding tert-OH is 1. The number of aliphatic hydroxyl groups is 1. The maximum Gasteiger partial charge on any atom is 0.296 e. The minimum absolute atomic E-state index is 0.0150. The summed E-state index contributed by atoms with van der Waals surface area (Å²) in [5.41, 5.74) is -1.21. The molecule has 2 heterocycles. The number of methoxy groups -OCH3 is 1. The van der Waals surface area contributed by atoms with E-state index in [2.05, 4.69) is 0 Å². The number of nitrogens with zero attached hydrogens (tertiary/aromatic N) is 3. The standard InChI is InChI=1S/C25H27N3O7S/c1-5-27-19-9-7-6-8-18(19)25(24(27)32)20(22(30)23(31)28(25)14-15-35-4)21(29)16-10-12-17(13-11-16)36(33,34)26(2)3/h6-13,29H,5,14-15H2,1-4H3. The third-order valence-corrected chi connectivity index (χ3v) is 8.38. The lowest BCUT2D eigenvalue weighted by Crippen LogP contribution is -2.52. The van der Waals surface area contributed by atoms with E-state index in [1.54, 1.807) is 31.2 Å². The second-order valence-corrected chi connectivity index (χ2v) is 10.7. The van der Waals surface area contributed by atoms with Gasteiger partial charge in [0.2, 0.25) is 10.0 Å². The molecule has 1 N–H and O–H groups in total. The highest BCUT2D eigenvalue weighted by Crippen LogP contribution is 2.53. The Morgan fingerprint density at radius 1 is 1.06 bits per heavy atom. The van der Waals surface area contributed by atoms with Crippen molar-refractivity contribution in [1.82, 2.24) is 9.21 Å². The van der Waals surface area contributed by atoms with Crippen LogP contribution in [0.5, 0.6) is 0 Å². The molecule has 1 atom stereocenters. The predicted octanol–water partition coefficient (Wildman–Crippen LogP) is 1.53. The summed E-state index contributed by atoms with van der Waals surface area (Å²) in [5.74, 6) is -3.03. The van der Waals surface area contributed by atoms with E-state index in [1.807, 2.05) is 0 Å². The maximum atomic E-state index is 14.0. The summed E-state index contributed by atoms with van der Waals surface area (Å²) in [6, 6.07) is 12.1. The molecule has 0 bridgehead atoms. The molecule has 11 heteroatoms. The Balaban J connectivity index is 1.99. The third-order valence-electron chi connectivity index (χ3n) is 6.55. The maximum absolute atomic E-state index is 14.0. The molecule has 1 unspecified atom stereocenters. The van der Waals surface area contributed by atoms with E-state index in [1.165, 1.54) is 50.4 Å². The van der Waals surface area contributed by atoms with Crippen LogP contribution in [0.1, 0.15) is 18.1 Å². The highest BCUT2D eigenvalue weighted by atomic mass is 32.2. The first kappa shape index (κ1) is 25.5. The largest absolute Gasteiger partial charge is 0.507 e. The molecule has 0 radical (unpaired) electrons. The number of likely N-dealkylation sites (tertiary alicyclic amines) is 1. The van der Waals surface area contributed by atoms with Crippen LogP contribution < -0.4 is 4.90 Å². The SMILES string of the molecule is CCN1C(=O)C2(C(=C(O)c3ccc(S(=O)(=O)N(C)C)cc3)C(=O)C(=O)N2CCOC)c2ccccc21. The number of ether oxygens (including phenoxy) is 1. The molecule has 2 aliphatic rings. The van der Waals surface area contributed by atoms with Crippen LogP contribution in [-0.4, -0.2) is 81.2 Å². The highest BCUT2D eigenvalue weighted by Gasteiger charge is 2.66. The van der Waals surface area contributed by atoms with Crippen LogP contribution in [0.3, 0.4) is 0 Å². The van der Waals surface area contributed by atoms with Crippen molar-refractivity contribution in [2.45, 2.75) is 17.4 Å². The van der Waals surface area contributed by atoms with E-state index in [-0.39, 0.29) is 35.7 Å². The van der Waals surface area contributed by atoms with Gasteiger partial charge in [0, 0.05) is 45.4 Å². The van der Waals surface area contributed by atoms with E-state index in [4.69, 9.17) is 4.74 Å².